The summed E-state index contributed by atoms with van der Waals surface area (Å²) >= 11 is 0. The van der Waals surface area contributed by atoms with Gasteiger partial charge in [0.1, 0.15) is 11.5 Å². The summed E-state index contributed by atoms with van der Waals surface area (Å²) in [5.41, 5.74) is 11.6. The van der Waals surface area contributed by atoms with Crippen molar-refractivity contribution in [2.24, 2.45) is 5.92 Å². The Morgan fingerprint density at radius 1 is 0.540 bits per heavy atom. The number of hydrogen-bond acceptors (Lipinski definition) is 6. The second kappa shape index (κ2) is 25.0. The van der Waals surface area contributed by atoms with Gasteiger partial charge >= 0.3 is 0 Å². The van der Waals surface area contributed by atoms with Crippen molar-refractivity contribution >= 4 is 23.6 Å². The molecule has 0 radical (unpaired) electrons. The molecule has 2 aromatic carbocycles. The van der Waals surface area contributed by atoms with E-state index in [0.29, 0.717) is 32.1 Å². The van der Waals surface area contributed by atoms with Crippen LogP contribution in [0.2, 0.25) is 0 Å². The normalized spacial score (nSPS) is 11.5. The molecule has 1 atom stereocenters. The molecule has 0 bridgehead atoms. The lowest BCUT2D eigenvalue weighted by molar-refractivity contribution is -0.126. The Kier molecular flexibility index (Phi) is 21.0. The lowest BCUT2D eigenvalue weighted by atomic mass is 9.95. The van der Waals surface area contributed by atoms with Crippen LogP contribution < -0.4 is 21.7 Å². The Balaban J connectivity index is 1.68. The minimum absolute atomic E-state index is 0.0382. The summed E-state index contributed by atoms with van der Waals surface area (Å²) in [7, 11) is 0. The first kappa shape index (κ1) is 42.1. The van der Waals surface area contributed by atoms with E-state index >= 15 is 0 Å². The molecule has 0 saturated heterocycles. The van der Waals surface area contributed by atoms with Gasteiger partial charge in [-0.2, -0.15) is 0 Å². The summed E-state index contributed by atoms with van der Waals surface area (Å²) in [6.07, 6.45) is 17.9. The number of aromatic hydroxyl groups is 2. The molecule has 0 aliphatic carbocycles. The van der Waals surface area contributed by atoms with Gasteiger partial charge in [-0.3, -0.25) is 40.9 Å². The summed E-state index contributed by atoms with van der Waals surface area (Å²) in [6, 6.07) is 10.2. The van der Waals surface area contributed by atoms with E-state index in [1.807, 2.05) is 19.1 Å². The lowest BCUT2D eigenvalue weighted by Gasteiger charge is -2.17. The van der Waals surface area contributed by atoms with Crippen LogP contribution in [0.5, 0.6) is 11.5 Å². The summed E-state index contributed by atoms with van der Waals surface area (Å²) in [6.45, 7) is 6.34. The van der Waals surface area contributed by atoms with E-state index in [1.165, 1.54) is 31.7 Å². The standard InChI is InChI=1S/C40H62N4O6/c1-4-7-9-11-15-22-30-25-19-27-33(36(30)46)39(49)43-41-35(45)29-18-14-13-17-24-32(21-6-3)38(48)42-44-40(50)34-28-20-26-31(37(34)47)23-16-12-10-8-5-2/h19-20,25-28,32,46-47H,4-18,21-24,29H2,1-3H3,(H,41,45)(H,42,48)(H,43,49)(H,44,50). The van der Waals surface area contributed by atoms with Crippen molar-refractivity contribution < 1.29 is 29.4 Å². The van der Waals surface area contributed by atoms with Crippen LogP contribution in [-0.4, -0.2) is 33.8 Å². The second-order valence-corrected chi connectivity index (χ2v) is 13.3. The van der Waals surface area contributed by atoms with Crippen LogP contribution in [0.3, 0.4) is 0 Å². The summed E-state index contributed by atoms with van der Waals surface area (Å²) < 4.78 is 0. The number of amides is 4. The number of para-hydroxylation sites is 2. The maximum atomic E-state index is 12.9. The number of aryl methyl sites for hydroxylation is 2. The molecule has 10 heteroatoms. The molecule has 0 fully saturated rings. The highest BCUT2D eigenvalue weighted by Crippen LogP contribution is 2.26. The van der Waals surface area contributed by atoms with Gasteiger partial charge in [0.05, 0.1) is 11.1 Å². The molecule has 2 rings (SSSR count). The zero-order valence-electron chi connectivity index (χ0n) is 30.7. The third-order valence-electron chi connectivity index (χ3n) is 9.16. The molecule has 6 N–H and O–H groups in total. The number of nitrogens with one attached hydrogen (secondary N) is 4. The molecular weight excluding hydrogens is 632 g/mol. The van der Waals surface area contributed by atoms with Gasteiger partial charge in [-0.05, 0) is 68.2 Å². The quantitative estimate of drug-likeness (QED) is 0.0482. The van der Waals surface area contributed by atoms with Gasteiger partial charge in [0.15, 0.2) is 0 Å². The van der Waals surface area contributed by atoms with E-state index in [0.717, 1.165) is 75.3 Å². The van der Waals surface area contributed by atoms with E-state index in [2.05, 4.69) is 35.6 Å². The van der Waals surface area contributed by atoms with E-state index in [4.69, 9.17) is 0 Å². The lowest BCUT2D eigenvalue weighted by Crippen LogP contribution is -2.44. The topological polar surface area (TPSA) is 157 Å². The van der Waals surface area contributed by atoms with Crippen LogP contribution in [0, 0.1) is 5.92 Å². The highest BCUT2D eigenvalue weighted by Gasteiger charge is 2.20. The van der Waals surface area contributed by atoms with E-state index in [9.17, 15) is 29.4 Å². The SMILES string of the molecule is CCCCCCCc1cccc(C(=O)NNC(=O)CCCCCCC(CCC)C(=O)NNC(=O)c2cccc(CCCCCCC)c2O)c1O. The molecule has 1 unspecified atom stereocenters. The van der Waals surface area contributed by atoms with Crippen LogP contribution in [0.4, 0.5) is 0 Å². The number of hydrazine groups is 2. The fourth-order valence-electron chi connectivity index (χ4n) is 6.12. The molecule has 2 aromatic rings. The first-order valence-corrected chi connectivity index (χ1v) is 19.0. The predicted octanol–water partition coefficient (Wildman–Crippen LogP) is 8.10. The third-order valence-corrected chi connectivity index (χ3v) is 9.16. The molecular formula is C40H62N4O6. The van der Waals surface area contributed by atoms with Crippen molar-refractivity contribution in [1.82, 2.24) is 21.7 Å². The molecule has 0 spiro atoms. The minimum Gasteiger partial charge on any atom is -0.507 e. The van der Waals surface area contributed by atoms with Crippen LogP contribution in [-0.2, 0) is 22.4 Å². The highest BCUT2D eigenvalue weighted by molar-refractivity contribution is 5.98. The Bertz CT molecular complexity index is 1330. The number of carbonyl (C=O) groups is 4. The molecule has 0 aromatic heterocycles. The predicted molar refractivity (Wildman–Crippen MR) is 198 cm³/mol. The maximum absolute atomic E-state index is 12.9. The van der Waals surface area contributed by atoms with Crippen molar-refractivity contribution in [3.63, 3.8) is 0 Å². The largest absolute Gasteiger partial charge is 0.507 e. The molecule has 4 amide bonds. The average molecular weight is 695 g/mol. The highest BCUT2D eigenvalue weighted by atomic mass is 16.3. The number of rotatable bonds is 24. The molecule has 0 heterocycles. The number of unbranched alkanes of at least 4 members (excludes halogenated alkanes) is 11. The average Bonchev–Trinajstić information content (AvgIpc) is 3.11. The van der Waals surface area contributed by atoms with Crippen molar-refractivity contribution in [2.45, 2.75) is 149 Å². The third kappa shape index (κ3) is 15.6. The fourth-order valence-corrected chi connectivity index (χ4v) is 6.12. The van der Waals surface area contributed by atoms with Crippen molar-refractivity contribution in [1.29, 1.82) is 0 Å². The van der Waals surface area contributed by atoms with Gasteiger partial charge < -0.3 is 10.2 Å². The first-order valence-electron chi connectivity index (χ1n) is 19.0. The molecule has 0 aliphatic heterocycles. The number of phenols is 2. The number of hydrogen-bond donors (Lipinski definition) is 6. The fraction of sp³-hybridized carbons (Fsp3) is 0.600. The van der Waals surface area contributed by atoms with Gasteiger partial charge in [-0.15, -0.1) is 0 Å². The molecule has 278 valence electrons. The van der Waals surface area contributed by atoms with Gasteiger partial charge in [0.25, 0.3) is 11.8 Å². The molecule has 0 saturated carbocycles. The van der Waals surface area contributed by atoms with Crippen molar-refractivity contribution in [3.05, 3.63) is 58.7 Å². The number of benzene rings is 2. The molecule has 0 aliphatic rings. The van der Waals surface area contributed by atoms with Gasteiger partial charge in [0, 0.05) is 12.3 Å². The number of phenolic OH excluding ortho intramolecular Hbond substituents is 2. The Morgan fingerprint density at radius 3 is 1.54 bits per heavy atom. The van der Waals surface area contributed by atoms with E-state index in [-0.39, 0.29) is 46.8 Å². The molecule has 10 nitrogen and oxygen atoms in total. The van der Waals surface area contributed by atoms with Gasteiger partial charge in [-0.25, -0.2) is 0 Å². The Labute approximate surface area is 299 Å². The van der Waals surface area contributed by atoms with Crippen LogP contribution >= 0.6 is 0 Å². The zero-order chi connectivity index (χ0) is 36.6. The van der Waals surface area contributed by atoms with Crippen LogP contribution in [0.15, 0.2) is 36.4 Å². The summed E-state index contributed by atoms with van der Waals surface area (Å²) in [5.74, 6) is -2.02. The van der Waals surface area contributed by atoms with E-state index < -0.39 is 11.8 Å². The smallest absolute Gasteiger partial charge is 0.273 e. The minimum atomic E-state index is -0.557. The summed E-state index contributed by atoms with van der Waals surface area (Å²) in [5, 5.41) is 21.3. The van der Waals surface area contributed by atoms with Gasteiger partial charge in [0.2, 0.25) is 11.8 Å². The van der Waals surface area contributed by atoms with Crippen LogP contribution in [0.25, 0.3) is 0 Å². The molecule has 50 heavy (non-hydrogen) atoms. The van der Waals surface area contributed by atoms with Crippen molar-refractivity contribution in [3.8, 4) is 11.5 Å². The summed E-state index contributed by atoms with van der Waals surface area (Å²) in [4.78, 5) is 50.7. The van der Waals surface area contributed by atoms with Gasteiger partial charge in [-0.1, -0.05) is 122 Å². The van der Waals surface area contributed by atoms with Crippen molar-refractivity contribution in [2.75, 3.05) is 0 Å². The second-order valence-electron chi connectivity index (χ2n) is 13.3. The number of carbonyl (C=O) groups excluding carboxylic acids is 4. The zero-order valence-corrected chi connectivity index (χ0v) is 30.7. The monoisotopic (exact) mass is 694 g/mol. The first-order chi connectivity index (χ1) is 24.2. The van der Waals surface area contributed by atoms with Crippen LogP contribution in [0.1, 0.15) is 168 Å². The van der Waals surface area contributed by atoms with E-state index in [1.54, 1.807) is 18.2 Å². The Morgan fingerprint density at radius 2 is 1.02 bits per heavy atom. The Hall–Kier alpha value is -4.08. The maximum Gasteiger partial charge on any atom is 0.273 e.